The van der Waals surface area contributed by atoms with Crippen LogP contribution in [0.4, 0.5) is 0 Å². The fraction of sp³-hybridized carbons (Fsp3) is 0.625. The van der Waals surface area contributed by atoms with Crippen LogP contribution in [0.15, 0.2) is 0 Å². The van der Waals surface area contributed by atoms with Crippen molar-refractivity contribution in [3.63, 3.8) is 0 Å². The van der Waals surface area contributed by atoms with Crippen LogP contribution in [0.3, 0.4) is 0 Å². The van der Waals surface area contributed by atoms with E-state index in [1.807, 2.05) is 6.92 Å². The molecule has 0 saturated heterocycles. The van der Waals surface area contributed by atoms with Crippen LogP contribution in [-0.2, 0) is 9.53 Å². The summed E-state index contributed by atoms with van der Waals surface area (Å²) >= 11 is 0. The Morgan fingerprint density at radius 1 is 1.60 bits per heavy atom. The summed E-state index contributed by atoms with van der Waals surface area (Å²) in [5, 5.41) is 0. The third kappa shape index (κ3) is 5.60. The fourth-order valence-electron chi connectivity index (χ4n) is 0.566. The Hall–Kier alpha value is -0.530. The molecule has 0 aromatic carbocycles. The molecule has 0 saturated carbocycles. The Bertz CT molecular complexity index is 97.4. The van der Waals surface area contributed by atoms with Gasteiger partial charge in [-0.2, -0.15) is 0 Å². The zero-order chi connectivity index (χ0) is 7.98. The maximum Gasteiger partial charge on any atom is 0.306 e. The lowest BCUT2D eigenvalue weighted by atomic mass is 10.2. The van der Waals surface area contributed by atoms with Gasteiger partial charge in [0.05, 0.1) is 0 Å². The van der Waals surface area contributed by atoms with Gasteiger partial charge >= 0.3 is 5.97 Å². The second-order valence-corrected chi connectivity index (χ2v) is 2.22. The van der Waals surface area contributed by atoms with E-state index in [1.54, 1.807) is 0 Å². The molecule has 2 heteroatoms. The average Bonchev–Trinajstić information content (AvgIpc) is 1.82. The van der Waals surface area contributed by atoms with E-state index in [1.165, 1.54) is 0 Å². The normalized spacial score (nSPS) is 10.0. The van der Waals surface area contributed by atoms with Crippen LogP contribution in [0.1, 0.15) is 26.2 Å². The first-order chi connectivity index (χ1) is 4.66. The summed E-state index contributed by atoms with van der Waals surface area (Å²) in [6.45, 7) is 8.89. The number of rotatable bonds is 4. The molecule has 0 aliphatic rings. The molecule has 0 aliphatic carbocycles. The first kappa shape index (κ1) is 9.47. The van der Waals surface area contributed by atoms with Crippen LogP contribution in [0, 0.1) is 13.8 Å². The van der Waals surface area contributed by atoms with Crippen molar-refractivity contribution in [1.29, 1.82) is 0 Å². The average molecular weight is 142 g/mol. The molecule has 0 bridgehead atoms. The number of esters is 1. The van der Waals surface area contributed by atoms with Gasteiger partial charge in [0.25, 0.3) is 0 Å². The van der Waals surface area contributed by atoms with Crippen LogP contribution < -0.4 is 0 Å². The Balaban J connectivity index is 3.26. The minimum Gasteiger partial charge on any atom is -0.462 e. The smallest absolute Gasteiger partial charge is 0.306 e. The summed E-state index contributed by atoms with van der Waals surface area (Å²) in [4.78, 5) is 10.7. The summed E-state index contributed by atoms with van der Waals surface area (Å²) in [6, 6.07) is 0. The Kier molecular flexibility index (Phi) is 4.99. The second kappa shape index (κ2) is 5.27. The molecular formula is C8H14O2. The van der Waals surface area contributed by atoms with Gasteiger partial charge < -0.3 is 4.74 Å². The van der Waals surface area contributed by atoms with Crippen LogP contribution in [-0.4, -0.2) is 12.1 Å². The zero-order valence-corrected chi connectivity index (χ0v) is 6.43. The van der Waals surface area contributed by atoms with E-state index < -0.39 is 6.10 Å². The van der Waals surface area contributed by atoms with Gasteiger partial charge in [-0.15, -0.1) is 0 Å². The summed E-state index contributed by atoms with van der Waals surface area (Å²) < 4.78 is 4.69. The standard InChI is InChI=1S/C8H14O2/c1-4-5-6-8(9)10-7(2)3/h7H,2-6H2,1H3. The first-order valence-corrected chi connectivity index (χ1v) is 3.52. The Labute approximate surface area is 62.6 Å². The molecule has 10 heavy (non-hydrogen) atoms. The number of carbonyl (C=O) groups excluding carboxylic acids is 1. The van der Waals surface area contributed by atoms with E-state index in [0.717, 1.165) is 12.8 Å². The lowest BCUT2D eigenvalue weighted by molar-refractivity contribution is -0.145. The van der Waals surface area contributed by atoms with Gasteiger partial charge in [-0.1, -0.05) is 13.3 Å². The first-order valence-electron chi connectivity index (χ1n) is 3.52. The Morgan fingerprint density at radius 3 is 2.60 bits per heavy atom. The minimum atomic E-state index is -0.468. The summed E-state index contributed by atoms with van der Waals surface area (Å²) in [7, 11) is 0. The van der Waals surface area contributed by atoms with Crippen molar-refractivity contribution in [1.82, 2.24) is 0 Å². The van der Waals surface area contributed by atoms with Gasteiger partial charge in [0, 0.05) is 6.42 Å². The van der Waals surface area contributed by atoms with Crippen molar-refractivity contribution >= 4 is 5.97 Å². The van der Waals surface area contributed by atoms with E-state index in [4.69, 9.17) is 4.74 Å². The van der Waals surface area contributed by atoms with E-state index in [9.17, 15) is 4.79 Å². The van der Waals surface area contributed by atoms with Crippen LogP contribution >= 0.6 is 0 Å². The molecule has 0 aromatic heterocycles. The van der Waals surface area contributed by atoms with E-state index in [-0.39, 0.29) is 5.97 Å². The van der Waals surface area contributed by atoms with Gasteiger partial charge in [-0.05, 0) is 20.3 Å². The molecular weight excluding hydrogens is 128 g/mol. The quantitative estimate of drug-likeness (QED) is 0.559. The predicted molar refractivity (Wildman–Crippen MR) is 40.1 cm³/mol. The third-order valence-corrected chi connectivity index (χ3v) is 1.03. The second-order valence-electron chi connectivity index (χ2n) is 2.22. The highest BCUT2D eigenvalue weighted by Gasteiger charge is 2.02. The van der Waals surface area contributed by atoms with Gasteiger partial charge in [0.2, 0.25) is 0 Å². The molecule has 0 amide bonds. The van der Waals surface area contributed by atoms with Crippen molar-refractivity contribution in [2.45, 2.75) is 32.3 Å². The molecule has 0 N–H and O–H groups in total. The highest BCUT2D eigenvalue weighted by molar-refractivity contribution is 5.69. The van der Waals surface area contributed by atoms with E-state index >= 15 is 0 Å². The monoisotopic (exact) mass is 142 g/mol. The van der Waals surface area contributed by atoms with Crippen LogP contribution in [0.5, 0.6) is 0 Å². The zero-order valence-electron chi connectivity index (χ0n) is 6.43. The van der Waals surface area contributed by atoms with Crippen molar-refractivity contribution in [3.8, 4) is 0 Å². The molecule has 0 atom stereocenters. The third-order valence-electron chi connectivity index (χ3n) is 1.03. The maximum absolute atomic E-state index is 10.7. The highest BCUT2D eigenvalue weighted by Crippen LogP contribution is 1.98. The molecule has 0 spiro atoms. The molecule has 0 fully saturated rings. The largest absolute Gasteiger partial charge is 0.462 e. The van der Waals surface area contributed by atoms with Crippen LogP contribution in [0.25, 0.3) is 0 Å². The SMILES string of the molecule is [CH2]C([CH2])OC(=O)CCCC. The summed E-state index contributed by atoms with van der Waals surface area (Å²) in [6.07, 6.45) is 1.90. The van der Waals surface area contributed by atoms with Gasteiger partial charge in [-0.3, -0.25) is 4.79 Å². The molecule has 0 rings (SSSR count). The molecule has 0 aliphatic heterocycles. The predicted octanol–water partition coefficient (Wildman–Crippen LogP) is 1.76. The minimum absolute atomic E-state index is 0.197. The number of hydrogen-bond donors (Lipinski definition) is 0. The highest BCUT2D eigenvalue weighted by atomic mass is 16.5. The van der Waals surface area contributed by atoms with Gasteiger partial charge in [0.15, 0.2) is 0 Å². The number of hydrogen-bond acceptors (Lipinski definition) is 2. The van der Waals surface area contributed by atoms with Crippen molar-refractivity contribution in [2.24, 2.45) is 0 Å². The molecule has 0 heterocycles. The summed E-state index contributed by atoms with van der Waals surface area (Å²) in [5.41, 5.74) is 0. The van der Waals surface area contributed by atoms with Gasteiger partial charge in [0.1, 0.15) is 6.10 Å². The molecule has 2 radical (unpaired) electrons. The topological polar surface area (TPSA) is 26.3 Å². The summed E-state index contributed by atoms with van der Waals surface area (Å²) in [5.74, 6) is -0.197. The molecule has 2 nitrogen and oxygen atoms in total. The maximum atomic E-state index is 10.7. The molecule has 0 aromatic rings. The molecule has 58 valence electrons. The lowest BCUT2D eigenvalue weighted by Gasteiger charge is -2.05. The lowest BCUT2D eigenvalue weighted by Crippen LogP contribution is -2.11. The number of ether oxygens (including phenoxy) is 1. The van der Waals surface area contributed by atoms with Crippen molar-refractivity contribution in [2.75, 3.05) is 0 Å². The number of carbonyl (C=O) groups is 1. The van der Waals surface area contributed by atoms with Crippen LogP contribution in [0.2, 0.25) is 0 Å². The van der Waals surface area contributed by atoms with E-state index in [0.29, 0.717) is 6.42 Å². The fourth-order valence-corrected chi connectivity index (χ4v) is 0.566. The van der Waals surface area contributed by atoms with E-state index in [2.05, 4.69) is 13.8 Å². The van der Waals surface area contributed by atoms with Crippen molar-refractivity contribution in [3.05, 3.63) is 13.8 Å². The molecule has 0 unspecified atom stereocenters. The Morgan fingerprint density at radius 2 is 2.20 bits per heavy atom. The van der Waals surface area contributed by atoms with Gasteiger partial charge in [-0.25, -0.2) is 0 Å². The van der Waals surface area contributed by atoms with Crippen molar-refractivity contribution < 1.29 is 9.53 Å². The number of unbranched alkanes of at least 4 members (excludes halogenated alkanes) is 1.